The highest BCUT2D eigenvalue weighted by Gasteiger charge is 2.51. The Morgan fingerprint density at radius 2 is 1.58 bits per heavy atom. The molecule has 3 aliphatic heterocycles. The molecule has 2 saturated heterocycles. The maximum Gasteiger partial charge on any atom is 0.409 e. The normalized spacial score (nSPS) is 25.7. The summed E-state index contributed by atoms with van der Waals surface area (Å²) in [6.07, 6.45) is 0.760. The number of anilines is 2. The summed E-state index contributed by atoms with van der Waals surface area (Å²) in [5.74, 6) is -3.59. The minimum absolute atomic E-state index is 0.0838. The summed E-state index contributed by atoms with van der Waals surface area (Å²) in [5, 5.41) is 22.1. The van der Waals surface area contributed by atoms with Crippen LogP contribution in [-0.2, 0) is 72.1 Å². The van der Waals surface area contributed by atoms with Crippen molar-refractivity contribution in [2.24, 2.45) is 11.8 Å². The van der Waals surface area contributed by atoms with Crippen LogP contribution in [0, 0.1) is 11.8 Å². The number of H-pyrrole nitrogens is 1. The molecule has 8 rings (SSSR count). The summed E-state index contributed by atoms with van der Waals surface area (Å²) < 4.78 is 69.2. The first-order valence-corrected chi connectivity index (χ1v) is 32.6. The molecule has 7 amide bonds. The second-order valence-electron chi connectivity index (χ2n) is 20.9. The Bertz CT molecular complexity index is 3270. The van der Waals surface area contributed by atoms with Crippen LogP contribution < -0.4 is 31.6 Å². The highest BCUT2D eigenvalue weighted by atomic mass is 32.7. The number of nitrogens with zero attached hydrogens (tertiary/aromatic N) is 7. The minimum atomic E-state index is -4.35. The van der Waals surface area contributed by atoms with Gasteiger partial charge in [0.2, 0.25) is 35.5 Å². The third-order valence-electron chi connectivity index (χ3n) is 14.1. The van der Waals surface area contributed by atoms with Crippen LogP contribution in [0.4, 0.5) is 16.4 Å². The van der Waals surface area contributed by atoms with E-state index in [1.807, 2.05) is 0 Å². The van der Waals surface area contributed by atoms with E-state index in [-0.39, 0.29) is 99.2 Å². The van der Waals surface area contributed by atoms with E-state index in [2.05, 4.69) is 70.7 Å². The first-order chi connectivity index (χ1) is 40.4. The predicted molar refractivity (Wildman–Crippen MR) is 307 cm³/mol. The number of imidazole rings is 1. The van der Waals surface area contributed by atoms with E-state index in [0.717, 1.165) is 11.2 Å². The number of thiol groups is 2. The SMILES string of the molecule is CC(C)[C@H](NC(=O)CCCCCN1C(=O)C=CC1=O)C(=O)N[C@@H](C)C(=O)Nc1ccc(COC(=O)N(C)CCCC(=O)Nc2nc3c(ncn3[C@@H]3O[C@H]4CO[P@@](=O)(S)O[C@H]5C[C@H](Oc6ccncn6)C[C@@H]5CO[P@@](=O)(S)O[C@@H]3[C@@H]4O)c(=O)[nH]2)cc1. The van der Waals surface area contributed by atoms with Gasteiger partial charge in [-0.25, -0.2) is 28.9 Å². The van der Waals surface area contributed by atoms with Gasteiger partial charge in [-0.1, -0.05) is 56.9 Å². The van der Waals surface area contributed by atoms with Gasteiger partial charge in [-0.3, -0.25) is 66.9 Å². The van der Waals surface area contributed by atoms with Gasteiger partial charge >= 0.3 is 19.7 Å². The standard InChI is InChI=1S/C51H66N12O18P2S2/c1-28(2)41(57-36(64)9-6-5-7-20-62-39(66)15-16-40(62)67)47(70)55-29(3)46(69)56-32-13-11-30(12-14-32)23-75-51(72)61(4)19-8-10-37(65)58-50-59-45-42(48(71)60-50)54-27-63(45)49-44-43(68)35(79-49)25-77-82(73,84)80-34-22-33(78-38-17-18-52-26-53-38)21-31(34)24-76-83(74,85)81-44/h11-18,26-29,31,33-35,41,43-44,49,68H,5-10,19-25H2,1-4H3,(H,55,70)(H,56,69)(H,57,64)(H,73,84)(H,74,85)(H2,58,59,60,65,71)/t29-,31+,33+,34-,35-,41-,43+,44+,49+,82+,83+/m0/s1. The second kappa shape index (κ2) is 28.7. The van der Waals surface area contributed by atoms with Crippen molar-refractivity contribution in [3.8, 4) is 5.88 Å². The van der Waals surface area contributed by atoms with Gasteiger partial charge in [-0.05, 0) is 56.2 Å². The lowest BCUT2D eigenvalue weighted by Crippen LogP contribution is -2.53. The molecule has 1 aliphatic carbocycles. The number of rotatable bonds is 22. The van der Waals surface area contributed by atoms with Crippen molar-refractivity contribution in [2.75, 3.05) is 44.0 Å². The van der Waals surface area contributed by atoms with E-state index in [4.69, 9.17) is 32.3 Å². The number of fused-ring (bicyclic) bond motifs is 4. The molecule has 1 saturated carbocycles. The van der Waals surface area contributed by atoms with Gasteiger partial charge in [0.05, 0.1) is 25.6 Å². The second-order valence-corrected chi connectivity index (χ2v) is 26.6. The van der Waals surface area contributed by atoms with Gasteiger partial charge in [0.15, 0.2) is 17.4 Å². The number of hydrogen-bond donors (Lipinski definition) is 8. The molecule has 460 valence electrons. The summed E-state index contributed by atoms with van der Waals surface area (Å²) >= 11 is 8.38. The number of hydrogen-bond acceptors (Lipinski definition) is 22. The van der Waals surface area contributed by atoms with Crippen molar-refractivity contribution in [1.82, 2.24) is 49.9 Å². The number of aliphatic hydroxyl groups excluding tert-OH is 1. The number of aliphatic hydroxyl groups is 1. The lowest BCUT2D eigenvalue weighted by Gasteiger charge is -2.26. The Morgan fingerprint density at radius 1 is 0.859 bits per heavy atom. The van der Waals surface area contributed by atoms with Gasteiger partial charge in [0.25, 0.3) is 17.4 Å². The van der Waals surface area contributed by atoms with E-state index in [1.165, 1.54) is 48.1 Å². The van der Waals surface area contributed by atoms with Crippen LogP contribution in [0.3, 0.4) is 0 Å². The molecule has 85 heavy (non-hydrogen) atoms. The number of carbonyl (C=O) groups is 7. The first kappa shape index (κ1) is 64.4. The molecular weight excluding hydrogens is 1190 g/mol. The molecule has 4 aliphatic rings. The maximum atomic E-state index is 13.9. The lowest BCUT2D eigenvalue weighted by atomic mass is 10.0. The fraction of sp³-hybridized carbons (Fsp3) is 0.529. The largest absolute Gasteiger partial charge is 0.474 e. The zero-order valence-corrected chi connectivity index (χ0v) is 50.1. The predicted octanol–water partition coefficient (Wildman–Crippen LogP) is 3.98. The highest BCUT2D eigenvalue weighted by Crippen LogP contribution is 2.60. The molecule has 6 N–H and O–H groups in total. The average molecular weight is 1260 g/mol. The Kier molecular flexibility index (Phi) is 21.8. The van der Waals surface area contributed by atoms with Crippen molar-refractivity contribution in [2.45, 2.75) is 128 Å². The zero-order chi connectivity index (χ0) is 61.2. The number of benzene rings is 1. The van der Waals surface area contributed by atoms with Crippen LogP contribution in [0.2, 0.25) is 0 Å². The minimum Gasteiger partial charge on any atom is -0.474 e. The van der Waals surface area contributed by atoms with Crippen molar-refractivity contribution in [3.63, 3.8) is 0 Å². The van der Waals surface area contributed by atoms with Gasteiger partial charge in [-0.2, -0.15) is 4.98 Å². The van der Waals surface area contributed by atoms with Crippen LogP contribution in [0.25, 0.3) is 11.2 Å². The number of carbonyl (C=O) groups excluding carboxylic acids is 7. The lowest BCUT2D eigenvalue weighted by molar-refractivity contribution is -0.137. The number of aromatic amines is 1. The van der Waals surface area contributed by atoms with Crippen molar-refractivity contribution in [3.05, 3.63) is 77.3 Å². The van der Waals surface area contributed by atoms with Gasteiger partial charge in [-0.15, -0.1) is 0 Å². The fourth-order valence-corrected chi connectivity index (χ4v) is 12.6. The molecule has 3 aromatic heterocycles. The van der Waals surface area contributed by atoms with Crippen molar-refractivity contribution >= 4 is 102 Å². The first-order valence-electron chi connectivity index (χ1n) is 27.2. The Labute approximate surface area is 497 Å². The van der Waals surface area contributed by atoms with Gasteiger partial charge < -0.3 is 44.7 Å². The molecule has 3 fully saturated rings. The summed E-state index contributed by atoms with van der Waals surface area (Å²) in [4.78, 5) is 123. The highest BCUT2D eigenvalue weighted by molar-refractivity contribution is 8.44. The Hall–Kier alpha value is -6.60. The molecule has 34 heteroatoms. The Morgan fingerprint density at radius 3 is 2.29 bits per heavy atom. The zero-order valence-electron chi connectivity index (χ0n) is 46.5. The summed E-state index contributed by atoms with van der Waals surface area (Å²) in [6.45, 7) is -4.11. The monoisotopic (exact) mass is 1260 g/mol. The molecular formula is C51H66N12O18P2S2. The molecule has 4 aromatic rings. The van der Waals surface area contributed by atoms with Crippen LogP contribution in [0.5, 0.6) is 5.88 Å². The molecule has 1 aromatic carbocycles. The fourth-order valence-electron chi connectivity index (χ4n) is 9.55. The van der Waals surface area contributed by atoms with E-state index >= 15 is 0 Å². The molecule has 0 spiro atoms. The molecule has 0 unspecified atom stereocenters. The smallest absolute Gasteiger partial charge is 0.409 e. The summed E-state index contributed by atoms with van der Waals surface area (Å²) in [6, 6.07) is 6.11. The number of nitrogens with one attached hydrogen (secondary N) is 5. The van der Waals surface area contributed by atoms with E-state index in [9.17, 15) is 52.6 Å². The number of amides is 7. The molecule has 6 heterocycles. The summed E-state index contributed by atoms with van der Waals surface area (Å²) in [5.41, 5.74) is -0.147. The molecule has 30 nitrogen and oxygen atoms in total. The van der Waals surface area contributed by atoms with Crippen LogP contribution in [0.15, 0.2) is 66.1 Å². The van der Waals surface area contributed by atoms with Crippen molar-refractivity contribution in [1.29, 1.82) is 0 Å². The van der Waals surface area contributed by atoms with Crippen molar-refractivity contribution < 1.29 is 80.1 Å². The number of unbranched alkanes of at least 4 members (excludes halogenated alkanes) is 2. The number of ether oxygens (including phenoxy) is 3. The number of aromatic nitrogens is 6. The van der Waals surface area contributed by atoms with Crippen LogP contribution >= 0.6 is 38.1 Å². The van der Waals surface area contributed by atoms with E-state index in [0.29, 0.717) is 36.4 Å². The topological polar surface area (TPSA) is 382 Å². The molecule has 2 bridgehead atoms. The van der Waals surface area contributed by atoms with Crippen LogP contribution in [0.1, 0.15) is 83.9 Å². The maximum absolute atomic E-state index is 13.9. The quantitative estimate of drug-likeness (QED) is 0.0239. The third-order valence-corrected chi connectivity index (χ3v) is 17.3. The summed E-state index contributed by atoms with van der Waals surface area (Å²) in [7, 11) is 1.48. The average Bonchev–Trinajstić information content (AvgIpc) is 1.93. The van der Waals surface area contributed by atoms with E-state index < -0.39 is 104 Å². The van der Waals surface area contributed by atoms with Gasteiger partial charge in [0, 0.05) is 75.4 Å². The van der Waals surface area contributed by atoms with Gasteiger partial charge in [0.1, 0.15) is 49.4 Å². The Balaban J connectivity index is 0.771. The van der Waals surface area contributed by atoms with E-state index in [1.54, 1.807) is 44.2 Å². The number of imide groups is 1. The third kappa shape index (κ3) is 17.5. The molecule has 11 atom stereocenters. The molecule has 0 radical (unpaired) electrons. The van der Waals surface area contributed by atoms with Crippen LogP contribution in [-0.4, -0.2) is 162 Å².